The van der Waals surface area contributed by atoms with E-state index in [4.69, 9.17) is 0 Å². The first-order valence-corrected chi connectivity index (χ1v) is 5.02. The molecular formula is C6H5F3N2O3S. The Labute approximate surface area is 81.8 Å². The number of primary sulfonamides is 1. The summed E-state index contributed by atoms with van der Waals surface area (Å²) in [6.07, 6.45) is -3.20. The van der Waals surface area contributed by atoms with Crippen molar-refractivity contribution in [2.24, 2.45) is 5.14 Å². The molecule has 3 N–H and O–H groups in total. The van der Waals surface area contributed by atoms with Crippen LogP contribution >= 0.6 is 0 Å². The molecule has 0 aliphatic rings. The molecule has 1 aromatic heterocycles. The van der Waals surface area contributed by atoms with E-state index in [1.54, 1.807) is 0 Å². The van der Waals surface area contributed by atoms with E-state index in [1.807, 2.05) is 0 Å². The molecule has 0 aromatic carbocycles. The fourth-order valence-corrected chi connectivity index (χ4v) is 1.44. The average molecular weight is 242 g/mol. The molecule has 5 nitrogen and oxygen atoms in total. The van der Waals surface area contributed by atoms with Crippen molar-refractivity contribution in [3.8, 4) is 0 Å². The number of hydrogen-bond donors (Lipinski definition) is 2. The van der Waals surface area contributed by atoms with Crippen LogP contribution in [0.25, 0.3) is 0 Å². The molecule has 0 fully saturated rings. The van der Waals surface area contributed by atoms with Gasteiger partial charge in [0.1, 0.15) is 0 Å². The summed E-state index contributed by atoms with van der Waals surface area (Å²) in [7, 11) is -4.47. The number of halogens is 3. The third kappa shape index (κ3) is 2.36. The number of sulfonamides is 1. The number of nitrogens with one attached hydrogen (secondary N) is 1. The number of nitrogens with two attached hydrogens (primary N) is 1. The molecule has 0 amide bonds. The Kier molecular flexibility index (Phi) is 2.86. The molecule has 9 heteroatoms. The zero-order valence-corrected chi connectivity index (χ0v) is 7.82. The minimum atomic E-state index is -4.47. The van der Waals surface area contributed by atoms with E-state index in [1.165, 1.54) is 4.98 Å². The Hall–Kier alpha value is -1.35. The van der Waals surface area contributed by atoms with Crippen molar-refractivity contribution in [3.63, 3.8) is 0 Å². The number of hydrogen-bond acceptors (Lipinski definition) is 3. The molecule has 15 heavy (non-hydrogen) atoms. The van der Waals surface area contributed by atoms with Crippen molar-refractivity contribution in [3.05, 3.63) is 27.8 Å². The highest BCUT2D eigenvalue weighted by molar-refractivity contribution is 7.89. The van der Waals surface area contributed by atoms with E-state index in [0.717, 1.165) is 0 Å². The van der Waals surface area contributed by atoms with E-state index < -0.39 is 38.4 Å². The Bertz CT molecular complexity index is 537. The predicted molar refractivity (Wildman–Crippen MR) is 43.4 cm³/mol. The number of alkyl halides is 2. The highest BCUT2D eigenvalue weighted by Crippen LogP contribution is 2.17. The van der Waals surface area contributed by atoms with Gasteiger partial charge in [-0.2, -0.15) is 0 Å². The minimum absolute atomic E-state index is 0.142. The van der Waals surface area contributed by atoms with E-state index in [2.05, 4.69) is 5.14 Å². The van der Waals surface area contributed by atoms with E-state index in [-0.39, 0.29) is 6.07 Å². The summed E-state index contributed by atoms with van der Waals surface area (Å²) in [4.78, 5) is 12.3. The van der Waals surface area contributed by atoms with Crippen molar-refractivity contribution in [2.75, 3.05) is 0 Å². The van der Waals surface area contributed by atoms with Crippen LogP contribution in [0, 0.1) is 5.82 Å². The van der Waals surface area contributed by atoms with Crippen LogP contribution in [0.15, 0.2) is 15.9 Å². The number of rotatable bonds is 2. The van der Waals surface area contributed by atoms with Crippen LogP contribution in [0.3, 0.4) is 0 Å². The van der Waals surface area contributed by atoms with Crippen LogP contribution in [-0.2, 0) is 10.0 Å². The van der Waals surface area contributed by atoms with Gasteiger partial charge >= 0.3 is 0 Å². The molecule has 1 heterocycles. The maximum absolute atomic E-state index is 12.9. The summed E-state index contributed by atoms with van der Waals surface area (Å²) in [6.45, 7) is 0. The fourth-order valence-electron chi connectivity index (χ4n) is 0.872. The molecule has 0 saturated carbocycles. The molecule has 0 radical (unpaired) electrons. The van der Waals surface area contributed by atoms with Gasteiger partial charge in [0.2, 0.25) is 0 Å². The maximum Gasteiger partial charge on any atom is 0.269 e. The summed E-state index contributed by atoms with van der Waals surface area (Å²) in [5.41, 5.74) is -2.55. The van der Waals surface area contributed by atoms with Crippen LogP contribution in [-0.4, -0.2) is 13.4 Å². The van der Waals surface area contributed by atoms with Gasteiger partial charge in [-0.05, 0) is 6.07 Å². The van der Waals surface area contributed by atoms with Crippen LogP contribution < -0.4 is 10.7 Å². The van der Waals surface area contributed by atoms with Gasteiger partial charge in [0.05, 0.1) is 5.56 Å². The van der Waals surface area contributed by atoms with Gasteiger partial charge in [0.25, 0.3) is 22.0 Å². The molecule has 84 valence electrons. The van der Waals surface area contributed by atoms with Gasteiger partial charge in [0.15, 0.2) is 10.8 Å². The second-order valence-corrected chi connectivity index (χ2v) is 4.07. The lowest BCUT2D eigenvalue weighted by Gasteiger charge is -2.02. The molecular weight excluding hydrogens is 237 g/mol. The van der Waals surface area contributed by atoms with Crippen molar-refractivity contribution in [1.29, 1.82) is 0 Å². The largest absolute Gasteiger partial charge is 0.309 e. The van der Waals surface area contributed by atoms with Gasteiger partial charge in [-0.25, -0.2) is 26.7 Å². The Balaban J connectivity index is 3.53. The van der Waals surface area contributed by atoms with Crippen molar-refractivity contribution >= 4 is 10.0 Å². The van der Waals surface area contributed by atoms with E-state index in [0.29, 0.717) is 0 Å². The van der Waals surface area contributed by atoms with Crippen LogP contribution in [0.2, 0.25) is 0 Å². The number of aromatic nitrogens is 1. The molecule has 0 saturated heterocycles. The second kappa shape index (κ2) is 3.66. The van der Waals surface area contributed by atoms with Gasteiger partial charge in [-0.1, -0.05) is 0 Å². The molecule has 1 aromatic rings. The lowest BCUT2D eigenvalue weighted by Crippen LogP contribution is -2.23. The van der Waals surface area contributed by atoms with Gasteiger partial charge < -0.3 is 4.98 Å². The zero-order valence-electron chi connectivity index (χ0n) is 7.00. The van der Waals surface area contributed by atoms with Gasteiger partial charge in [-0.3, -0.25) is 4.79 Å². The molecule has 0 unspecified atom stereocenters. The van der Waals surface area contributed by atoms with Crippen LogP contribution in [0.4, 0.5) is 13.2 Å². The quantitative estimate of drug-likeness (QED) is 0.770. The van der Waals surface area contributed by atoms with Gasteiger partial charge in [-0.15, -0.1) is 0 Å². The normalized spacial score (nSPS) is 12.1. The first kappa shape index (κ1) is 11.7. The summed E-state index contributed by atoms with van der Waals surface area (Å²) >= 11 is 0. The Morgan fingerprint density at radius 2 is 1.93 bits per heavy atom. The summed E-state index contributed by atoms with van der Waals surface area (Å²) in [5, 5.41) is 3.32. The first-order valence-electron chi connectivity index (χ1n) is 3.47. The molecule has 0 aliphatic heterocycles. The van der Waals surface area contributed by atoms with E-state index >= 15 is 0 Å². The standard InChI is InChI=1S/C6H5F3N2O3S/c7-3-1-2(4(8)9)5(12)11-6(3)15(10,13)14/h1,4H,(H,11,12)(H2,10,13,14). The number of aromatic amines is 1. The smallest absolute Gasteiger partial charge is 0.269 e. The topological polar surface area (TPSA) is 93.0 Å². The minimum Gasteiger partial charge on any atom is -0.309 e. The molecule has 1 rings (SSSR count). The highest BCUT2D eigenvalue weighted by Gasteiger charge is 2.21. The lowest BCUT2D eigenvalue weighted by atomic mass is 10.3. The Morgan fingerprint density at radius 3 is 2.33 bits per heavy atom. The average Bonchev–Trinajstić information content (AvgIpc) is 2.06. The maximum atomic E-state index is 12.9. The van der Waals surface area contributed by atoms with Crippen molar-refractivity contribution in [2.45, 2.75) is 11.5 Å². The zero-order chi connectivity index (χ0) is 11.8. The molecule has 0 aliphatic carbocycles. The molecule has 0 atom stereocenters. The summed E-state index contributed by atoms with van der Waals surface area (Å²) < 4.78 is 58.4. The molecule has 0 bridgehead atoms. The van der Waals surface area contributed by atoms with Crippen LogP contribution in [0.5, 0.6) is 0 Å². The highest BCUT2D eigenvalue weighted by atomic mass is 32.2. The second-order valence-electron chi connectivity index (χ2n) is 2.58. The van der Waals surface area contributed by atoms with Crippen molar-refractivity contribution < 1.29 is 21.6 Å². The van der Waals surface area contributed by atoms with E-state index in [9.17, 15) is 26.4 Å². The van der Waals surface area contributed by atoms with Gasteiger partial charge in [0, 0.05) is 0 Å². The van der Waals surface area contributed by atoms with Crippen molar-refractivity contribution in [1.82, 2.24) is 4.98 Å². The number of pyridine rings is 1. The van der Waals surface area contributed by atoms with Crippen LogP contribution in [0.1, 0.15) is 12.0 Å². The Morgan fingerprint density at radius 1 is 1.40 bits per heavy atom. The third-order valence-electron chi connectivity index (χ3n) is 1.51. The summed E-state index contributed by atoms with van der Waals surface area (Å²) in [5.74, 6) is -1.52. The molecule has 0 spiro atoms. The lowest BCUT2D eigenvalue weighted by molar-refractivity contribution is 0.148. The number of H-pyrrole nitrogens is 1. The predicted octanol–water partition coefficient (Wildman–Crippen LogP) is 0.0990. The summed E-state index contributed by atoms with van der Waals surface area (Å²) in [6, 6.07) is 0.142. The third-order valence-corrected chi connectivity index (χ3v) is 2.37. The first-order chi connectivity index (χ1) is 6.73. The monoisotopic (exact) mass is 242 g/mol. The fraction of sp³-hybridized carbons (Fsp3) is 0.167. The SMILES string of the molecule is NS(=O)(=O)c1[nH]c(=O)c(C(F)F)cc1F.